The molecule has 158 valence electrons. The standard InChI is InChI=1S/C21H23N3O5S/c1-27-21(26)20-5-4-19(30-20)16-6-7-24(22-16)9-8-23(10-11-25)13-15-2-3-17-18(12-15)29-14-28-17/h2-7,12,25H,8-11,13-14H2,1H3. The molecule has 3 aromatic rings. The quantitative estimate of drug-likeness (QED) is 0.523. The van der Waals surface area contributed by atoms with Crippen molar-refractivity contribution in [2.24, 2.45) is 0 Å². The number of hydrogen-bond acceptors (Lipinski definition) is 8. The Kier molecular flexibility index (Phi) is 6.32. The zero-order valence-electron chi connectivity index (χ0n) is 16.6. The summed E-state index contributed by atoms with van der Waals surface area (Å²) in [4.78, 5) is 15.3. The van der Waals surface area contributed by atoms with Crippen LogP contribution < -0.4 is 9.47 Å². The van der Waals surface area contributed by atoms with Crippen molar-refractivity contribution < 1.29 is 24.1 Å². The summed E-state index contributed by atoms with van der Waals surface area (Å²) in [5.41, 5.74) is 1.92. The Labute approximate surface area is 178 Å². The number of carbonyl (C=O) groups is 1. The Morgan fingerprint density at radius 2 is 2.10 bits per heavy atom. The van der Waals surface area contributed by atoms with E-state index in [2.05, 4.69) is 10.00 Å². The number of aromatic nitrogens is 2. The van der Waals surface area contributed by atoms with E-state index in [-0.39, 0.29) is 19.4 Å². The zero-order chi connectivity index (χ0) is 20.9. The summed E-state index contributed by atoms with van der Waals surface area (Å²) in [5.74, 6) is 1.18. The van der Waals surface area contributed by atoms with Crippen molar-refractivity contribution in [3.05, 3.63) is 53.0 Å². The van der Waals surface area contributed by atoms with E-state index in [9.17, 15) is 9.90 Å². The van der Waals surface area contributed by atoms with Crippen LogP contribution in [0, 0.1) is 0 Å². The smallest absolute Gasteiger partial charge is 0.348 e. The van der Waals surface area contributed by atoms with Crippen LogP contribution in [0.4, 0.5) is 0 Å². The molecule has 0 saturated carbocycles. The van der Waals surface area contributed by atoms with Crippen molar-refractivity contribution >= 4 is 17.3 Å². The fraction of sp³-hybridized carbons (Fsp3) is 0.333. The molecule has 1 aliphatic rings. The Morgan fingerprint density at radius 3 is 2.93 bits per heavy atom. The van der Waals surface area contributed by atoms with Crippen LogP contribution in [0.3, 0.4) is 0 Å². The number of aliphatic hydroxyl groups excluding tert-OH is 1. The Bertz CT molecular complexity index is 1020. The molecule has 30 heavy (non-hydrogen) atoms. The number of fused-ring (bicyclic) bond motifs is 1. The van der Waals surface area contributed by atoms with Crippen LogP contribution in [0.1, 0.15) is 15.2 Å². The Hall–Kier alpha value is -2.88. The van der Waals surface area contributed by atoms with Crippen molar-refractivity contribution in [3.63, 3.8) is 0 Å². The maximum Gasteiger partial charge on any atom is 0.348 e. The number of hydrogen-bond donors (Lipinski definition) is 1. The van der Waals surface area contributed by atoms with E-state index in [0.717, 1.165) is 34.2 Å². The van der Waals surface area contributed by atoms with Crippen molar-refractivity contribution in [1.82, 2.24) is 14.7 Å². The molecule has 2 aromatic heterocycles. The number of thiophene rings is 1. The third-order valence-corrected chi connectivity index (χ3v) is 5.88. The first-order chi connectivity index (χ1) is 14.7. The van der Waals surface area contributed by atoms with Gasteiger partial charge in [-0.1, -0.05) is 6.07 Å². The number of nitrogens with zero attached hydrogens (tertiary/aromatic N) is 3. The average Bonchev–Trinajstić information content (AvgIpc) is 3.51. The van der Waals surface area contributed by atoms with Gasteiger partial charge in [0.2, 0.25) is 6.79 Å². The largest absolute Gasteiger partial charge is 0.465 e. The predicted octanol–water partition coefficient (Wildman–Crippen LogP) is 2.62. The SMILES string of the molecule is COC(=O)c1ccc(-c2ccn(CCN(CCO)Cc3ccc4c(c3)OCO4)n2)s1. The molecule has 0 unspecified atom stereocenters. The zero-order valence-corrected chi connectivity index (χ0v) is 17.4. The highest BCUT2D eigenvalue weighted by atomic mass is 32.1. The summed E-state index contributed by atoms with van der Waals surface area (Å²) in [6.45, 7) is 3.01. The second-order valence-corrected chi connectivity index (χ2v) is 7.89. The summed E-state index contributed by atoms with van der Waals surface area (Å²) in [6, 6.07) is 11.5. The van der Waals surface area contributed by atoms with Gasteiger partial charge in [-0.25, -0.2) is 4.79 Å². The maximum absolute atomic E-state index is 11.6. The van der Waals surface area contributed by atoms with Gasteiger partial charge in [0, 0.05) is 25.8 Å². The molecule has 0 spiro atoms. The molecular weight excluding hydrogens is 406 g/mol. The van der Waals surface area contributed by atoms with E-state index in [4.69, 9.17) is 14.2 Å². The van der Waals surface area contributed by atoms with Crippen molar-refractivity contribution in [2.45, 2.75) is 13.1 Å². The molecule has 0 atom stereocenters. The van der Waals surface area contributed by atoms with Gasteiger partial charge in [-0.15, -0.1) is 11.3 Å². The molecule has 0 aliphatic carbocycles. The van der Waals surface area contributed by atoms with Crippen LogP contribution >= 0.6 is 11.3 Å². The van der Waals surface area contributed by atoms with Gasteiger partial charge in [-0.2, -0.15) is 5.10 Å². The van der Waals surface area contributed by atoms with Crippen LogP contribution in [0.5, 0.6) is 11.5 Å². The van der Waals surface area contributed by atoms with E-state index < -0.39 is 0 Å². The lowest BCUT2D eigenvalue weighted by atomic mass is 10.2. The van der Waals surface area contributed by atoms with Crippen LogP contribution in [0.25, 0.3) is 10.6 Å². The normalized spacial score (nSPS) is 12.5. The fourth-order valence-electron chi connectivity index (χ4n) is 3.26. The van der Waals surface area contributed by atoms with Crippen LogP contribution in [-0.4, -0.2) is 59.4 Å². The highest BCUT2D eigenvalue weighted by Gasteiger charge is 2.15. The molecule has 1 aliphatic heterocycles. The van der Waals surface area contributed by atoms with Gasteiger partial charge in [0.05, 0.1) is 25.1 Å². The first-order valence-electron chi connectivity index (χ1n) is 9.60. The highest BCUT2D eigenvalue weighted by Crippen LogP contribution is 2.32. The summed E-state index contributed by atoms with van der Waals surface area (Å²) >= 11 is 1.36. The van der Waals surface area contributed by atoms with E-state index in [0.29, 0.717) is 24.5 Å². The van der Waals surface area contributed by atoms with E-state index in [1.807, 2.05) is 41.2 Å². The van der Waals surface area contributed by atoms with Gasteiger partial charge >= 0.3 is 5.97 Å². The lowest BCUT2D eigenvalue weighted by molar-refractivity contribution is 0.0606. The minimum atomic E-state index is -0.339. The minimum absolute atomic E-state index is 0.0837. The molecule has 3 heterocycles. The molecule has 1 N–H and O–H groups in total. The summed E-state index contributed by atoms with van der Waals surface area (Å²) < 4.78 is 17.4. The molecule has 1 aromatic carbocycles. The Balaban J connectivity index is 1.37. The fourth-order valence-corrected chi connectivity index (χ4v) is 4.15. The Morgan fingerprint density at radius 1 is 1.23 bits per heavy atom. The number of methoxy groups -OCH3 is 1. The van der Waals surface area contributed by atoms with Gasteiger partial charge in [-0.05, 0) is 35.9 Å². The van der Waals surface area contributed by atoms with Crippen LogP contribution in [0.15, 0.2) is 42.6 Å². The van der Waals surface area contributed by atoms with Gasteiger partial charge < -0.3 is 19.3 Å². The summed E-state index contributed by atoms with van der Waals surface area (Å²) in [7, 11) is 1.37. The van der Waals surface area contributed by atoms with Gasteiger partial charge in [-0.3, -0.25) is 9.58 Å². The molecule has 0 amide bonds. The monoisotopic (exact) mass is 429 g/mol. The summed E-state index contributed by atoms with van der Waals surface area (Å²) in [6.07, 6.45) is 1.92. The van der Waals surface area contributed by atoms with Crippen LogP contribution in [0.2, 0.25) is 0 Å². The van der Waals surface area contributed by atoms with Gasteiger partial charge in [0.25, 0.3) is 0 Å². The molecule has 9 heteroatoms. The third kappa shape index (κ3) is 4.64. The first kappa shape index (κ1) is 20.4. The highest BCUT2D eigenvalue weighted by molar-refractivity contribution is 7.17. The number of ether oxygens (including phenoxy) is 3. The van der Waals surface area contributed by atoms with Crippen LogP contribution in [-0.2, 0) is 17.8 Å². The van der Waals surface area contributed by atoms with Crippen molar-refractivity contribution in [1.29, 1.82) is 0 Å². The van der Waals surface area contributed by atoms with E-state index >= 15 is 0 Å². The number of esters is 1. The average molecular weight is 429 g/mol. The second kappa shape index (κ2) is 9.29. The molecule has 0 fully saturated rings. The topological polar surface area (TPSA) is 86.1 Å². The molecule has 4 rings (SSSR count). The number of aliphatic hydroxyl groups is 1. The second-order valence-electron chi connectivity index (χ2n) is 6.81. The van der Waals surface area contributed by atoms with Gasteiger partial charge in [0.1, 0.15) is 10.6 Å². The molecule has 8 nitrogen and oxygen atoms in total. The molecule has 0 bridgehead atoms. The third-order valence-electron chi connectivity index (χ3n) is 4.79. The first-order valence-corrected chi connectivity index (χ1v) is 10.4. The maximum atomic E-state index is 11.6. The molecule has 0 saturated heterocycles. The number of carbonyl (C=O) groups excluding carboxylic acids is 1. The van der Waals surface area contributed by atoms with Gasteiger partial charge in [0.15, 0.2) is 11.5 Å². The van der Waals surface area contributed by atoms with E-state index in [1.165, 1.54) is 18.4 Å². The molecular formula is C21H23N3O5S. The lowest BCUT2D eigenvalue weighted by Crippen LogP contribution is -2.30. The molecule has 0 radical (unpaired) electrons. The predicted molar refractivity (Wildman–Crippen MR) is 112 cm³/mol. The number of benzene rings is 1. The lowest BCUT2D eigenvalue weighted by Gasteiger charge is -2.21. The van der Waals surface area contributed by atoms with Crippen molar-refractivity contribution in [2.75, 3.05) is 33.6 Å². The minimum Gasteiger partial charge on any atom is -0.465 e. The number of rotatable bonds is 9. The van der Waals surface area contributed by atoms with E-state index in [1.54, 1.807) is 6.07 Å². The van der Waals surface area contributed by atoms with Crippen molar-refractivity contribution in [3.8, 4) is 22.1 Å². The summed E-state index contributed by atoms with van der Waals surface area (Å²) in [5, 5.41) is 14.1.